The second kappa shape index (κ2) is 5.22. The smallest absolute Gasteiger partial charge is 0.340 e. The van der Waals surface area contributed by atoms with Crippen molar-refractivity contribution in [1.82, 2.24) is 0 Å². The first-order valence-electron chi connectivity index (χ1n) is 4.09. The Labute approximate surface area is 105 Å². The topological polar surface area (TPSA) is 64.3 Å². The Morgan fingerprint density at radius 1 is 1.62 bits per heavy atom. The number of esters is 1. The second-order valence-corrected chi connectivity index (χ2v) is 4.15. The molecule has 0 heterocycles. The summed E-state index contributed by atoms with van der Waals surface area (Å²) in [5.74, 6) is -1.53. The highest BCUT2D eigenvalue weighted by Gasteiger charge is 2.17. The van der Waals surface area contributed by atoms with Crippen molar-refractivity contribution in [3.8, 4) is 0 Å². The number of halogens is 2. The predicted octanol–water partition coefficient (Wildman–Crippen LogP) is 2.03. The van der Waals surface area contributed by atoms with Crippen molar-refractivity contribution in [2.24, 2.45) is 5.73 Å². The minimum atomic E-state index is -0.773. The SMILES string of the molecule is COC(=O)c1cc(Br)cc(NC(N)=S)c1F. The van der Waals surface area contributed by atoms with Crippen LogP contribution in [0.25, 0.3) is 0 Å². The fourth-order valence-corrected chi connectivity index (χ4v) is 1.64. The van der Waals surface area contributed by atoms with E-state index in [4.69, 9.17) is 5.73 Å². The number of methoxy groups -OCH3 is 1. The van der Waals surface area contributed by atoms with Crippen molar-refractivity contribution < 1.29 is 13.9 Å². The van der Waals surface area contributed by atoms with E-state index in [1.807, 2.05) is 0 Å². The average Bonchev–Trinajstić information content (AvgIpc) is 2.21. The van der Waals surface area contributed by atoms with Crippen LogP contribution in [-0.4, -0.2) is 18.2 Å². The number of nitrogens with one attached hydrogen (secondary N) is 1. The van der Waals surface area contributed by atoms with Crippen molar-refractivity contribution in [1.29, 1.82) is 0 Å². The van der Waals surface area contributed by atoms with Crippen molar-refractivity contribution in [2.75, 3.05) is 12.4 Å². The number of carbonyl (C=O) groups is 1. The van der Waals surface area contributed by atoms with Crippen LogP contribution in [0.3, 0.4) is 0 Å². The van der Waals surface area contributed by atoms with E-state index in [1.165, 1.54) is 19.2 Å². The Morgan fingerprint density at radius 2 is 2.25 bits per heavy atom. The molecule has 0 aliphatic carbocycles. The van der Waals surface area contributed by atoms with Crippen molar-refractivity contribution in [3.05, 3.63) is 28.0 Å². The van der Waals surface area contributed by atoms with Gasteiger partial charge < -0.3 is 15.8 Å². The zero-order valence-corrected chi connectivity index (χ0v) is 10.6. The lowest BCUT2D eigenvalue weighted by molar-refractivity contribution is 0.0595. The molecular formula is C9H8BrFN2O2S. The van der Waals surface area contributed by atoms with Crippen LogP contribution in [0.2, 0.25) is 0 Å². The van der Waals surface area contributed by atoms with Crippen LogP contribution in [0.1, 0.15) is 10.4 Å². The van der Waals surface area contributed by atoms with E-state index in [-0.39, 0.29) is 16.4 Å². The lowest BCUT2D eigenvalue weighted by atomic mass is 10.2. The molecule has 0 aliphatic heterocycles. The van der Waals surface area contributed by atoms with Gasteiger partial charge in [0.15, 0.2) is 10.9 Å². The van der Waals surface area contributed by atoms with Crippen molar-refractivity contribution in [2.45, 2.75) is 0 Å². The molecule has 1 rings (SSSR count). The van der Waals surface area contributed by atoms with Crippen LogP contribution in [-0.2, 0) is 4.74 Å². The summed E-state index contributed by atoms with van der Waals surface area (Å²) in [5.41, 5.74) is 5.04. The number of carbonyl (C=O) groups excluding carboxylic acids is 1. The molecule has 3 N–H and O–H groups in total. The third kappa shape index (κ3) is 2.89. The number of rotatable bonds is 2. The highest BCUT2D eigenvalue weighted by molar-refractivity contribution is 9.10. The van der Waals surface area contributed by atoms with Gasteiger partial charge in [0.2, 0.25) is 0 Å². The fraction of sp³-hybridized carbons (Fsp3) is 0.111. The first-order valence-corrected chi connectivity index (χ1v) is 5.29. The van der Waals surface area contributed by atoms with Gasteiger partial charge in [-0.15, -0.1) is 0 Å². The van der Waals surface area contributed by atoms with Gasteiger partial charge in [-0.05, 0) is 24.4 Å². The van der Waals surface area contributed by atoms with Gasteiger partial charge in [-0.25, -0.2) is 9.18 Å². The molecule has 0 saturated heterocycles. The molecular weight excluding hydrogens is 299 g/mol. The number of benzene rings is 1. The van der Waals surface area contributed by atoms with E-state index >= 15 is 0 Å². The maximum absolute atomic E-state index is 13.8. The largest absolute Gasteiger partial charge is 0.465 e. The molecule has 16 heavy (non-hydrogen) atoms. The molecule has 0 bridgehead atoms. The Morgan fingerprint density at radius 3 is 2.75 bits per heavy atom. The van der Waals surface area contributed by atoms with Gasteiger partial charge in [0, 0.05) is 4.47 Å². The van der Waals surface area contributed by atoms with E-state index in [2.05, 4.69) is 38.2 Å². The Balaban J connectivity index is 3.25. The summed E-state index contributed by atoms with van der Waals surface area (Å²) in [6, 6.07) is 2.73. The fourth-order valence-electron chi connectivity index (χ4n) is 1.07. The average molecular weight is 307 g/mol. The maximum atomic E-state index is 13.8. The molecule has 0 aromatic heterocycles. The van der Waals surface area contributed by atoms with Crippen LogP contribution in [0.4, 0.5) is 10.1 Å². The zero-order chi connectivity index (χ0) is 12.3. The number of hydrogen-bond donors (Lipinski definition) is 2. The van der Waals surface area contributed by atoms with E-state index in [0.717, 1.165) is 0 Å². The first kappa shape index (κ1) is 12.9. The van der Waals surface area contributed by atoms with E-state index in [1.54, 1.807) is 0 Å². The maximum Gasteiger partial charge on any atom is 0.340 e. The van der Waals surface area contributed by atoms with E-state index in [0.29, 0.717) is 4.47 Å². The lowest BCUT2D eigenvalue weighted by Gasteiger charge is -2.09. The third-order valence-electron chi connectivity index (χ3n) is 1.70. The molecule has 1 aromatic rings. The minimum absolute atomic E-state index is 0.0160. The Bertz CT molecular complexity index is 453. The quantitative estimate of drug-likeness (QED) is 0.646. The molecule has 0 unspecified atom stereocenters. The number of nitrogens with two attached hydrogens (primary N) is 1. The molecule has 0 aliphatic rings. The summed E-state index contributed by atoms with van der Waals surface area (Å²) >= 11 is 7.72. The molecule has 0 saturated carbocycles. The summed E-state index contributed by atoms with van der Waals surface area (Å²) in [6.07, 6.45) is 0. The molecule has 4 nitrogen and oxygen atoms in total. The molecule has 0 atom stereocenters. The standard InChI is InChI=1S/C9H8BrFN2O2S/c1-15-8(14)5-2-4(10)3-6(7(5)11)13-9(12)16/h2-3H,1H3,(H3,12,13,16). The lowest BCUT2D eigenvalue weighted by Crippen LogP contribution is -2.20. The van der Waals surface area contributed by atoms with Gasteiger partial charge in [0.25, 0.3) is 0 Å². The Hall–Kier alpha value is -1.21. The number of thiocarbonyl (C=S) groups is 1. The van der Waals surface area contributed by atoms with Gasteiger partial charge in [0.05, 0.1) is 18.4 Å². The zero-order valence-electron chi connectivity index (χ0n) is 8.21. The number of ether oxygens (including phenoxy) is 1. The second-order valence-electron chi connectivity index (χ2n) is 2.80. The molecule has 0 spiro atoms. The van der Waals surface area contributed by atoms with Gasteiger partial charge in [0.1, 0.15) is 0 Å². The molecule has 7 heteroatoms. The Kier molecular flexibility index (Phi) is 4.19. The van der Waals surface area contributed by atoms with Gasteiger partial charge in [-0.1, -0.05) is 15.9 Å². The summed E-state index contributed by atoms with van der Waals surface area (Å²) in [5, 5.41) is 2.34. The summed E-state index contributed by atoms with van der Waals surface area (Å²) in [4.78, 5) is 11.2. The van der Waals surface area contributed by atoms with Crippen LogP contribution < -0.4 is 11.1 Å². The van der Waals surface area contributed by atoms with Crippen LogP contribution in [0, 0.1) is 5.82 Å². The highest BCUT2D eigenvalue weighted by atomic mass is 79.9. The molecule has 86 valence electrons. The highest BCUT2D eigenvalue weighted by Crippen LogP contribution is 2.24. The summed E-state index contributed by atoms with van der Waals surface area (Å²) in [6.45, 7) is 0. The van der Waals surface area contributed by atoms with Crippen molar-refractivity contribution in [3.63, 3.8) is 0 Å². The first-order chi connectivity index (χ1) is 7.45. The monoisotopic (exact) mass is 306 g/mol. The predicted molar refractivity (Wildman–Crippen MR) is 65.8 cm³/mol. The molecule has 0 amide bonds. The van der Waals surface area contributed by atoms with Gasteiger partial charge >= 0.3 is 5.97 Å². The van der Waals surface area contributed by atoms with E-state index < -0.39 is 11.8 Å². The van der Waals surface area contributed by atoms with Crippen LogP contribution in [0.15, 0.2) is 16.6 Å². The normalized spacial score (nSPS) is 9.69. The van der Waals surface area contributed by atoms with Gasteiger partial charge in [-0.3, -0.25) is 0 Å². The van der Waals surface area contributed by atoms with E-state index in [9.17, 15) is 9.18 Å². The number of hydrogen-bond acceptors (Lipinski definition) is 3. The summed E-state index contributed by atoms with van der Waals surface area (Å²) < 4.78 is 18.7. The molecule has 0 fully saturated rings. The van der Waals surface area contributed by atoms with Crippen molar-refractivity contribution >= 4 is 44.9 Å². The number of anilines is 1. The van der Waals surface area contributed by atoms with Gasteiger partial charge in [-0.2, -0.15) is 0 Å². The van der Waals surface area contributed by atoms with Crippen LogP contribution >= 0.6 is 28.1 Å². The molecule has 0 radical (unpaired) electrons. The minimum Gasteiger partial charge on any atom is -0.465 e. The molecule has 1 aromatic carbocycles. The third-order valence-corrected chi connectivity index (χ3v) is 2.26. The summed E-state index contributed by atoms with van der Waals surface area (Å²) in [7, 11) is 1.17. The van der Waals surface area contributed by atoms with Crippen LogP contribution in [0.5, 0.6) is 0 Å².